The Hall–Kier alpha value is -0.350. The monoisotopic (exact) mass is 103 g/mol. The van der Waals surface area contributed by atoms with E-state index in [1.54, 1.807) is 0 Å². The van der Waals surface area contributed by atoms with Crippen LogP contribution in [0.25, 0.3) is 0 Å². The van der Waals surface area contributed by atoms with Gasteiger partial charge >= 0.3 is 0 Å². The highest BCUT2D eigenvalue weighted by Crippen LogP contribution is 2.04. The summed E-state index contributed by atoms with van der Waals surface area (Å²) in [5.41, 5.74) is 0. The third kappa shape index (κ3) is 0.580. The van der Waals surface area contributed by atoms with Gasteiger partial charge in [-0.1, -0.05) is 0 Å². The number of nitrogens with zero attached hydrogens (tertiary/aromatic N) is 1. The number of nitrogens with one attached hydrogen (secondary N) is 1. The molecule has 3 nitrogen and oxygen atoms in total. The van der Waals surface area contributed by atoms with Gasteiger partial charge in [-0.25, -0.2) is 0 Å². The minimum absolute atomic E-state index is 0.861. The Morgan fingerprint density at radius 2 is 2.83 bits per heavy atom. The summed E-state index contributed by atoms with van der Waals surface area (Å²) in [5.74, 6) is 0. The van der Waals surface area contributed by atoms with Crippen molar-refractivity contribution in [3.8, 4) is 0 Å². The van der Waals surface area contributed by atoms with Crippen LogP contribution in [0.5, 0.6) is 0 Å². The molecule has 1 aliphatic heterocycles. The second kappa shape index (κ2) is 1.40. The molecule has 1 heterocycles. The lowest BCUT2D eigenvalue weighted by Gasteiger charge is -1.95. The third-order valence-corrected chi connectivity index (χ3v) is 0.875. The van der Waals surface area contributed by atoms with Crippen molar-refractivity contribution in [1.82, 2.24) is 9.19 Å². The maximum Gasteiger partial charge on any atom is 0.123 e. The molecular weight excluding hydrogens is 100 g/mol. The molecule has 1 aliphatic rings. The molecule has 0 atom stereocenters. The normalized spacial score (nSPS) is 18.5. The summed E-state index contributed by atoms with van der Waals surface area (Å²) in [4.78, 5) is 0. The maximum atomic E-state index is 8.32. The van der Waals surface area contributed by atoms with Gasteiger partial charge in [-0.2, -0.15) is 4.47 Å². The van der Waals surface area contributed by atoms with E-state index in [0.29, 0.717) is 0 Å². The topological polar surface area (TPSA) is 35.5 Å². The molecule has 0 bridgehead atoms. The van der Waals surface area contributed by atoms with Gasteiger partial charge in [0, 0.05) is 6.20 Å². The molecule has 0 aromatic rings. The van der Waals surface area contributed by atoms with Gasteiger partial charge < -0.3 is 4.72 Å². The molecule has 6 heavy (non-hydrogen) atoms. The van der Waals surface area contributed by atoms with Crippen molar-refractivity contribution in [3.05, 3.63) is 12.4 Å². The first-order chi connectivity index (χ1) is 2.89. The van der Waals surface area contributed by atoms with Crippen LogP contribution in [-0.4, -0.2) is 9.68 Å². The summed E-state index contributed by atoms with van der Waals surface area (Å²) in [6.45, 7) is 0. The van der Waals surface area contributed by atoms with Gasteiger partial charge in [-0.3, -0.25) is 5.21 Å². The summed E-state index contributed by atoms with van der Waals surface area (Å²) < 4.78 is 3.49. The molecule has 0 aromatic carbocycles. The Balaban J connectivity index is 2.38. The lowest BCUT2D eigenvalue weighted by Crippen LogP contribution is -1.96. The molecule has 0 aliphatic carbocycles. The van der Waals surface area contributed by atoms with Crippen LogP contribution in [0, 0.1) is 6.20 Å². The van der Waals surface area contributed by atoms with Gasteiger partial charge in [0.2, 0.25) is 0 Å². The lowest BCUT2D eigenvalue weighted by molar-refractivity contribution is 0.0623. The molecule has 0 amide bonds. The minimum atomic E-state index is 0.861. The average molecular weight is 103 g/mol. The lowest BCUT2D eigenvalue weighted by atomic mass is 11.0. The molecule has 0 saturated heterocycles. The van der Waals surface area contributed by atoms with E-state index in [1.807, 2.05) is 0 Å². The van der Waals surface area contributed by atoms with E-state index in [2.05, 4.69) is 10.9 Å². The zero-order valence-corrected chi connectivity index (χ0v) is 3.70. The first-order valence-corrected chi connectivity index (χ1v) is 2.16. The van der Waals surface area contributed by atoms with E-state index in [4.69, 9.17) is 5.21 Å². The largest absolute Gasteiger partial charge is 0.315 e. The fraction of sp³-hybridized carbons (Fsp3) is 0. The molecule has 0 aromatic heterocycles. The fourth-order valence-electron chi connectivity index (χ4n) is 0.184. The van der Waals surface area contributed by atoms with Crippen molar-refractivity contribution in [1.29, 1.82) is 0 Å². The van der Waals surface area contributed by atoms with E-state index in [-0.39, 0.29) is 0 Å². The minimum Gasteiger partial charge on any atom is -0.315 e. The first-order valence-electron chi connectivity index (χ1n) is 1.39. The molecule has 1 rings (SSSR count). The smallest absolute Gasteiger partial charge is 0.123 e. The van der Waals surface area contributed by atoms with Crippen molar-refractivity contribution in [3.63, 3.8) is 0 Å². The molecule has 0 spiro atoms. The number of hydrogen-bond acceptors (Lipinski definition) is 4. The van der Waals surface area contributed by atoms with Gasteiger partial charge in [0.1, 0.15) is 6.20 Å². The molecule has 4 heteroatoms. The molecular formula is C2H3N2OS. The molecule has 0 unspecified atom stereocenters. The van der Waals surface area contributed by atoms with E-state index in [1.165, 1.54) is 6.20 Å². The fourth-order valence-corrected chi connectivity index (χ4v) is 0.495. The van der Waals surface area contributed by atoms with Gasteiger partial charge in [0.05, 0.1) is 12.1 Å². The van der Waals surface area contributed by atoms with Crippen LogP contribution in [-0.2, 0) is 0 Å². The van der Waals surface area contributed by atoms with Crippen LogP contribution < -0.4 is 4.72 Å². The number of hydrogen-bond donors (Lipinski definition) is 2. The number of hydroxylamine groups is 1. The van der Waals surface area contributed by atoms with Crippen LogP contribution in [0.3, 0.4) is 0 Å². The second-order valence-corrected chi connectivity index (χ2v) is 1.52. The molecule has 0 saturated carbocycles. The van der Waals surface area contributed by atoms with Crippen molar-refractivity contribution >= 4 is 12.1 Å². The highest BCUT2D eigenvalue weighted by Gasteiger charge is 1.96. The zero-order valence-electron chi connectivity index (χ0n) is 2.88. The molecule has 33 valence electrons. The maximum absolute atomic E-state index is 8.32. The van der Waals surface area contributed by atoms with Crippen LogP contribution in [0.4, 0.5) is 0 Å². The molecule has 2 N–H and O–H groups in total. The van der Waals surface area contributed by atoms with Crippen LogP contribution in [0.15, 0.2) is 6.20 Å². The Morgan fingerprint density at radius 3 is 3.00 bits per heavy atom. The highest BCUT2D eigenvalue weighted by molar-refractivity contribution is 7.95. The van der Waals surface area contributed by atoms with E-state index in [0.717, 1.165) is 16.6 Å². The second-order valence-electron chi connectivity index (χ2n) is 0.756. The van der Waals surface area contributed by atoms with Crippen LogP contribution in [0.1, 0.15) is 0 Å². The van der Waals surface area contributed by atoms with E-state index < -0.39 is 0 Å². The summed E-state index contributed by atoms with van der Waals surface area (Å²) >= 11 is 1.07. The number of rotatable bonds is 0. The first kappa shape index (κ1) is 3.83. The molecule has 1 radical (unpaired) electrons. The highest BCUT2D eigenvalue weighted by atomic mass is 32.2. The average Bonchev–Trinajstić information content (AvgIpc) is 1.86. The Kier molecular flexibility index (Phi) is 0.894. The van der Waals surface area contributed by atoms with Crippen molar-refractivity contribution in [2.24, 2.45) is 0 Å². The molecule has 0 fully saturated rings. The quantitative estimate of drug-likeness (QED) is 0.427. The third-order valence-electron chi connectivity index (χ3n) is 0.373. The van der Waals surface area contributed by atoms with Gasteiger partial charge in [-0.05, 0) is 0 Å². The SMILES string of the molecule is ON1[C]=CNS1. The zero-order chi connectivity index (χ0) is 4.41. The van der Waals surface area contributed by atoms with Gasteiger partial charge in [0.15, 0.2) is 0 Å². The predicted molar refractivity (Wildman–Crippen MR) is 22.2 cm³/mol. The Morgan fingerprint density at radius 1 is 2.00 bits per heavy atom. The summed E-state index contributed by atoms with van der Waals surface area (Å²) in [6, 6.07) is 0. The standard InChI is InChI=1S/C2H3N2OS/c5-4-2-1-3-6-4/h1,3,5H. The summed E-state index contributed by atoms with van der Waals surface area (Å²) in [6.07, 6.45) is 3.95. The predicted octanol–water partition coefficient (Wildman–Crippen LogP) is 0.118. The van der Waals surface area contributed by atoms with E-state index >= 15 is 0 Å². The van der Waals surface area contributed by atoms with E-state index in [9.17, 15) is 0 Å². The van der Waals surface area contributed by atoms with Crippen LogP contribution in [0.2, 0.25) is 0 Å². The Bertz CT molecular complexity index is 73.9. The van der Waals surface area contributed by atoms with Crippen molar-refractivity contribution < 1.29 is 5.21 Å². The van der Waals surface area contributed by atoms with Crippen molar-refractivity contribution in [2.45, 2.75) is 0 Å². The van der Waals surface area contributed by atoms with Crippen molar-refractivity contribution in [2.75, 3.05) is 0 Å². The summed E-state index contributed by atoms with van der Waals surface area (Å²) in [5, 5.41) is 8.32. The van der Waals surface area contributed by atoms with Gasteiger partial charge in [-0.15, -0.1) is 0 Å². The van der Waals surface area contributed by atoms with Crippen LogP contribution >= 0.6 is 12.1 Å². The Labute approximate surface area is 39.9 Å². The van der Waals surface area contributed by atoms with Gasteiger partial charge in [0.25, 0.3) is 0 Å². The summed E-state index contributed by atoms with van der Waals surface area (Å²) in [7, 11) is 0.